The third-order valence-corrected chi connectivity index (χ3v) is 8.45. The van der Waals surface area contributed by atoms with Gasteiger partial charge < -0.3 is 29.7 Å². The summed E-state index contributed by atoms with van der Waals surface area (Å²) in [6, 6.07) is 5.70. The number of carbonyl (C=O) groups is 4. The zero-order valence-electron chi connectivity index (χ0n) is 31.6. The lowest BCUT2D eigenvalue weighted by Crippen LogP contribution is -2.56. The van der Waals surface area contributed by atoms with E-state index in [1.807, 2.05) is 0 Å². The standard InChI is InChI=1S/C40H65NO9/c1-7-9-11-14-17-20-32(42)21-18-15-12-13-16-19-22-34(40(47,27-29-48-6)38(46)50-39(3,4)5)36(43)41-35(37(44)45)30-31-23-25-33(26-24-31)49-28-10-8-2/h19,22-26,34-35,47H,7-18,20-21,27-30H2,1-6H3,(H,41,43)(H,44,45)/t34-,35+,40+/m1/s1. The van der Waals surface area contributed by atoms with Crippen LogP contribution in [-0.4, -0.2) is 71.4 Å². The fourth-order valence-corrected chi connectivity index (χ4v) is 5.45. The van der Waals surface area contributed by atoms with Gasteiger partial charge in [0.1, 0.15) is 23.2 Å². The Kier molecular flexibility index (Phi) is 22.2. The van der Waals surface area contributed by atoms with Crippen molar-refractivity contribution in [3.8, 4) is 5.75 Å². The first kappa shape index (κ1) is 44.8. The number of hydrogen-bond donors (Lipinski definition) is 3. The molecule has 0 fully saturated rings. The molecule has 3 N–H and O–H groups in total. The summed E-state index contributed by atoms with van der Waals surface area (Å²) in [7, 11) is 1.42. The van der Waals surface area contributed by atoms with E-state index in [1.165, 1.54) is 32.4 Å². The molecule has 0 aliphatic heterocycles. The number of rotatable bonds is 28. The van der Waals surface area contributed by atoms with Crippen LogP contribution in [0.5, 0.6) is 5.75 Å². The Hall–Kier alpha value is -3.24. The largest absolute Gasteiger partial charge is 0.494 e. The molecule has 1 amide bonds. The van der Waals surface area contributed by atoms with Gasteiger partial charge in [-0.1, -0.05) is 83.1 Å². The number of benzene rings is 1. The highest BCUT2D eigenvalue weighted by molar-refractivity contribution is 5.93. The number of ether oxygens (including phenoxy) is 3. The highest BCUT2D eigenvalue weighted by atomic mass is 16.6. The summed E-state index contributed by atoms with van der Waals surface area (Å²) in [5.41, 5.74) is -2.60. The lowest BCUT2D eigenvalue weighted by atomic mass is 9.82. The van der Waals surface area contributed by atoms with E-state index in [1.54, 1.807) is 51.1 Å². The van der Waals surface area contributed by atoms with Crippen molar-refractivity contribution in [2.75, 3.05) is 20.3 Å². The van der Waals surface area contributed by atoms with Crippen LogP contribution in [0, 0.1) is 5.92 Å². The second-order valence-electron chi connectivity index (χ2n) is 14.2. The highest BCUT2D eigenvalue weighted by Crippen LogP contribution is 2.29. The van der Waals surface area contributed by atoms with Crippen molar-refractivity contribution in [1.29, 1.82) is 0 Å². The summed E-state index contributed by atoms with van der Waals surface area (Å²) < 4.78 is 16.4. The van der Waals surface area contributed by atoms with Gasteiger partial charge in [0.15, 0.2) is 5.60 Å². The average Bonchev–Trinajstić information content (AvgIpc) is 3.06. The topological polar surface area (TPSA) is 148 Å². The van der Waals surface area contributed by atoms with Gasteiger partial charge in [0.05, 0.1) is 12.5 Å². The molecule has 0 aliphatic rings. The number of aliphatic hydroxyl groups is 1. The summed E-state index contributed by atoms with van der Waals surface area (Å²) in [6.45, 7) is 9.77. The maximum absolute atomic E-state index is 13.8. The summed E-state index contributed by atoms with van der Waals surface area (Å²) >= 11 is 0. The molecular formula is C40H65NO9. The maximum Gasteiger partial charge on any atom is 0.339 e. The average molecular weight is 704 g/mol. The summed E-state index contributed by atoms with van der Waals surface area (Å²) in [4.78, 5) is 51.8. The minimum atomic E-state index is -2.32. The first-order chi connectivity index (χ1) is 23.8. The SMILES string of the molecule is CCCCCCCC(=O)CCCCCCC=C[C@H](C(=O)N[C@@H](Cc1ccc(OCCCC)cc1)C(=O)O)[C@@](O)(CCOC)C(=O)OC(C)(C)C. The van der Waals surface area contributed by atoms with Crippen LogP contribution in [0.3, 0.4) is 0 Å². The quantitative estimate of drug-likeness (QED) is 0.0458. The van der Waals surface area contributed by atoms with Crippen molar-refractivity contribution in [2.45, 2.75) is 155 Å². The smallest absolute Gasteiger partial charge is 0.339 e. The van der Waals surface area contributed by atoms with E-state index in [9.17, 15) is 29.4 Å². The maximum atomic E-state index is 13.8. The summed E-state index contributed by atoms with van der Waals surface area (Å²) in [6.07, 6.45) is 15.8. The number of carboxylic acids is 1. The number of carbonyl (C=O) groups excluding carboxylic acids is 3. The first-order valence-electron chi connectivity index (χ1n) is 18.6. The molecule has 1 aromatic rings. The Morgan fingerprint density at radius 1 is 0.840 bits per heavy atom. The molecule has 0 spiro atoms. The van der Waals surface area contributed by atoms with Crippen molar-refractivity contribution in [3.05, 3.63) is 42.0 Å². The zero-order chi connectivity index (χ0) is 37.4. The number of Topliss-reactive ketones (excluding diaryl/α,β-unsaturated/α-hetero) is 1. The first-order valence-corrected chi connectivity index (χ1v) is 18.6. The van der Waals surface area contributed by atoms with E-state index in [4.69, 9.17) is 14.2 Å². The van der Waals surface area contributed by atoms with E-state index < -0.39 is 41.0 Å². The zero-order valence-corrected chi connectivity index (χ0v) is 31.6. The summed E-state index contributed by atoms with van der Waals surface area (Å²) in [5.74, 6) is -3.51. The number of hydrogen-bond acceptors (Lipinski definition) is 8. The molecular weight excluding hydrogens is 638 g/mol. The third kappa shape index (κ3) is 18.7. The molecule has 0 heterocycles. The minimum Gasteiger partial charge on any atom is -0.494 e. The predicted octanol–water partition coefficient (Wildman–Crippen LogP) is 7.53. The van der Waals surface area contributed by atoms with E-state index in [2.05, 4.69) is 19.2 Å². The number of methoxy groups -OCH3 is 1. The molecule has 0 unspecified atom stereocenters. The second-order valence-corrected chi connectivity index (χ2v) is 14.2. The minimum absolute atomic E-state index is 0.0168. The van der Waals surface area contributed by atoms with Crippen molar-refractivity contribution in [2.24, 2.45) is 5.92 Å². The monoisotopic (exact) mass is 703 g/mol. The van der Waals surface area contributed by atoms with Gasteiger partial charge in [-0.15, -0.1) is 0 Å². The molecule has 10 nitrogen and oxygen atoms in total. The van der Waals surface area contributed by atoms with Gasteiger partial charge in [0, 0.05) is 39.4 Å². The molecule has 0 aromatic heterocycles. The van der Waals surface area contributed by atoms with Gasteiger partial charge in [-0.05, 0) is 70.6 Å². The Balaban J connectivity index is 3.01. The van der Waals surface area contributed by atoms with Crippen LogP contribution in [-0.2, 0) is 35.1 Å². The van der Waals surface area contributed by atoms with Crippen LogP contribution in [0.2, 0.25) is 0 Å². The molecule has 0 bridgehead atoms. The molecule has 284 valence electrons. The van der Waals surface area contributed by atoms with E-state index >= 15 is 0 Å². The van der Waals surface area contributed by atoms with Crippen molar-refractivity contribution in [1.82, 2.24) is 5.32 Å². The Morgan fingerprint density at radius 2 is 1.44 bits per heavy atom. The molecule has 0 saturated heterocycles. The van der Waals surface area contributed by atoms with Crippen LogP contribution in [0.25, 0.3) is 0 Å². The number of amides is 1. The number of carboxylic acid groups (broad SMARTS) is 1. The molecule has 50 heavy (non-hydrogen) atoms. The number of ketones is 1. The van der Waals surface area contributed by atoms with Crippen molar-refractivity contribution in [3.63, 3.8) is 0 Å². The van der Waals surface area contributed by atoms with Crippen molar-refractivity contribution >= 4 is 23.6 Å². The molecule has 10 heteroatoms. The number of nitrogens with one attached hydrogen (secondary N) is 1. The number of esters is 1. The Morgan fingerprint density at radius 3 is 2.00 bits per heavy atom. The second kappa shape index (κ2) is 24.8. The number of aliphatic carboxylic acids is 1. The number of unbranched alkanes of at least 4 members (excludes halogenated alkanes) is 9. The molecule has 0 saturated carbocycles. The molecule has 1 aromatic carbocycles. The van der Waals surface area contributed by atoms with Crippen LogP contribution in [0.1, 0.15) is 136 Å². The Labute approximate surface area is 300 Å². The molecule has 3 atom stereocenters. The Bertz CT molecular complexity index is 1160. The fourth-order valence-electron chi connectivity index (χ4n) is 5.45. The van der Waals surface area contributed by atoms with Gasteiger partial charge in [0.25, 0.3) is 0 Å². The summed E-state index contributed by atoms with van der Waals surface area (Å²) in [5, 5.41) is 24.4. The lowest BCUT2D eigenvalue weighted by Gasteiger charge is -2.34. The third-order valence-electron chi connectivity index (χ3n) is 8.45. The van der Waals surface area contributed by atoms with Gasteiger partial charge in [0.2, 0.25) is 5.91 Å². The van der Waals surface area contributed by atoms with Gasteiger partial charge >= 0.3 is 11.9 Å². The van der Waals surface area contributed by atoms with Gasteiger partial charge in [-0.25, -0.2) is 9.59 Å². The normalized spacial score (nSPS) is 14.1. The predicted molar refractivity (Wildman–Crippen MR) is 196 cm³/mol. The number of allylic oxidation sites excluding steroid dienone is 1. The fraction of sp³-hybridized carbons (Fsp3) is 0.700. The van der Waals surface area contributed by atoms with Gasteiger partial charge in [-0.2, -0.15) is 0 Å². The van der Waals surface area contributed by atoms with Gasteiger partial charge in [-0.3, -0.25) is 9.59 Å². The van der Waals surface area contributed by atoms with E-state index in [-0.39, 0.29) is 19.4 Å². The lowest BCUT2D eigenvalue weighted by molar-refractivity contribution is -0.185. The molecule has 1 rings (SSSR count). The van der Waals surface area contributed by atoms with Crippen LogP contribution in [0.15, 0.2) is 36.4 Å². The van der Waals surface area contributed by atoms with E-state index in [0.29, 0.717) is 43.0 Å². The highest BCUT2D eigenvalue weighted by Gasteiger charge is 2.49. The van der Waals surface area contributed by atoms with Crippen LogP contribution >= 0.6 is 0 Å². The van der Waals surface area contributed by atoms with Crippen LogP contribution in [0.4, 0.5) is 0 Å². The van der Waals surface area contributed by atoms with E-state index in [0.717, 1.165) is 51.4 Å². The molecule has 0 aliphatic carbocycles. The molecule has 0 radical (unpaired) electrons. The van der Waals surface area contributed by atoms with Crippen molar-refractivity contribution < 1.29 is 43.6 Å². The van der Waals surface area contributed by atoms with Crippen LogP contribution < -0.4 is 10.1 Å².